The Morgan fingerprint density at radius 3 is 2.92 bits per heavy atom. The number of nitrogens with zero attached hydrogens (tertiary/aromatic N) is 1. The van der Waals surface area contributed by atoms with Crippen LogP contribution in [0.25, 0.3) is 10.2 Å². The van der Waals surface area contributed by atoms with E-state index in [1.54, 1.807) is 6.07 Å². The van der Waals surface area contributed by atoms with Crippen molar-refractivity contribution < 1.29 is 4.79 Å². The van der Waals surface area contributed by atoms with Crippen molar-refractivity contribution in [1.82, 2.24) is 4.98 Å². The van der Waals surface area contributed by atoms with E-state index < -0.39 is 0 Å². The molecule has 0 aliphatic rings. The van der Waals surface area contributed by atoms with E-state index in [0.717, 1.165) is 10.2 Å². The molecule has 13 heavy (non-hydrogen) atoms. The van der Waals surface area contributed by atoms with Crippen LogP contribution in [-0.2, 0) is 0 Å². The minimum atomic E-state index is -0.0164. The highest BCUT2D eigenvalue weighted by Gasteiger charge is 2.09. The topological polar surface area (TPSA) is 30.0 Å². The first kappa shape index (κ1) is 8.66. The number of carbonyl (C=O) groups excluding carboxylic acids is 1. The summed E-state index contributed by atoms with van der Waals surface area (Å²) in [5.74, 6) is -0.0164. The van der Waals surface area contributed by atoms with Crippen molar-refractivity contribution in [1.29, 1.82) is 0 Å². The number of Topliss-reactive ketones (excluding diaryl/α,β-unsaturated/α-hetero) is 1. The molecular formula is C9H6ClNOS. The summed E-state index contributed by atoms with van der Waals surface area (Å²) in [6, 6.07) is 5.48. The van der Waals surface area contributed by atoms with Gasteiger partial charge in [-0.05, 0) is 12.1 Å². The van der Waals surface area contributed by atoms with Crippen LogP contribution in [0.15, 0.2) is 18.2 Å². The van der Waals surface area contributed by atoms with Crippen LogP contribution in [0.3, 0.4) is 0 Å². The fourth-order valence-corrected chi connectivity index (χ4v) is 2.22. The number of benzene rings is 1. The third kappa shape index (κ3) is 1.45. The summed E-state index contributed by atoms with van der Waals surface area (Å²) >= 11 is 7.27. The summed E-state index contributed by atoms with van der Waals surface area (Å²) in [6.07, 6.45) is 0. The van der Waals surface area contributed by atoms with Crippen molar-refractivity contribution >= 4 is 38.9 Å². The molecule has 0 unspecified atom stereocenters. The number of carbonyl (C=O) groups is 1. The highest BCUT2D eigenvalue weighted by Crippen LogP contribution is 2.28. The lowest BCUT2D eigenvalue weighted by Crippen LogP contribution is -1.87. The Bertz CT molecular complexity index is 477. The van der Waals surface area contributed by atoms with Gasteiger partial charge < -0.3 is 0 Å². The number of thiazole rings is 1. The van der Waals surface area contributed by atoms with Crippen LogP contribution < -0.4 is 0 Å². The molecule has 0 saturated heterocycles. The fourth-order valence-electron chi connectivity index (χ4n) is 1.07. The second kappa shape index (κ2) is 3.09. The Kier molecular flexibility index (Phi) is 2.06. The second-order valence-corrected chi connectivity index (χ2v) is 4.07. The van der Waals surface area contributed by atoms with Gasteiger partial charge in [-0.2, -0.15) is 0 Å². The van der Waals surface area contributed by atoms with Crippen molar-refractivity contribution in [2.24, 2.45) is 0 Å². The average molecular weight is 212 g/mol. The summed E-state index contributed by atoms with van der Waals surface area (Å²) < 4.78 is 0.884. The Morgan fingerprint density at radius 2 is 2.31 bits per heavy atom. The van der Waals surface area contributed by atoms with Gasteiger partial charge in [0, 0.05) is 6.92 Å². The van der Waals surface area contributed by atoms with Gasteiger partial charge in [0.05, 0.1) is 15.2 Å². The quantitative estimate of drug-likeness (QED) is 0.679. The standard InChI is InChI=1S/C9H6ClNOS/c1-5(12)9-11-7-4-2-3-6(10)8(7)13-9/h2-4H,1H3. The van der Waals surface area contributed by atoms with Crippen LogP contribution in [0.4, 0.5) is 0 Å². The third-order valence-corrected chi connectivity index (χ3v) is 3.30. The van der Waals surface area contributed by atoms with Gasteiger partial charge in [0.25, 0.3) is 0 Å². The number of fused-ring (bicyclic) bond motifs is 1. The molecule has 0 aliphatic heterocycles. The average Bonchev–Trinajstić information content (AvgIpc) is 2.49. The number of rotatable bonds is 1. The number of hydrogen-bond acceptors (Lipinski definition) is 3. The van der Waals surface area contributed by atoms with Crippen LogP contribution in [0.5, 0.6) is 0 Å². The molecule has 66 valence electrons. The maximum absolute atomic E-state index is 11.0. The van der Waals surface area contributed by atoms with Crippen molar-refractivity contribution in [2.75, 3.05) is 0 Å². The van der Waals surface area contributed by atoms with Crippen molar-refractivity contribution in [3.8, 4) is 0 Å². The van der Waals surface area contributed by atoms with Gasteiger partial charge in [-0.3, -0.25) is 4.79 Å². The normalized spacial score (nSPS) is 10.6. The van der Waals surface area contributed by atoms with Crippen molar-refractivity contribution in [3.63, 3.8) is 0 Å². The highest BCUT2D eigenvalue weighted by atomic mass is 35.5. The predicted octanol–water partition coefficient (Wildman–Crippen LogP) is 3.15. The molecule has 0 bridgehead atoms. The molecule has 0 N–H and O–H groups in total. The van der Waals surface area contributed by atoms with Crippen LogP contribution in [0, 0.1) is 0 Å². The molecule has 1 aromatic heterocycles. The zero-order chi connectivity index (χ0) is 9.42. The summed E-state index contributed by atoms with van der Waals surface area (Å²) in [5, 5.41) is 1.17. The molecule has 0 fully saturated rings. The Morgan fingerprint density at radius 1 is 1.54 bits per heavy atom. The number of halogens is 1. The molecule has 1 heterocycles. The molecule has 0 spiro atoms. The number of aromatic nitrogens is 1. The Hall–Kier alpha value is -0.930. The zero-order valence-electron chi connectivity index (χ0n) is 6.87. The summed E-state index contributed by atoms with van der Waals surface area (Å²) in [6.45, 7) is 1.51. The molecule has 0 amide bonds. The lowest BCUT2D eigenvalue weighted by molar-refractivity contribution is 0.101. The van der Waals surface area contributed by atoms with Gasteiger partial charge in [-0.15, -0.1) is 11.3 Å². The van der Waals surface area contributed by atoms with Crippen LogP contribution in [0.1, 0.15) is 16.7 Å². The van der Waals surface area contributed by atoms with E-state index in [-0.39, 0.29) is 5.78 Å². The molecule has 2 aromatic rings. The third-order valence-electron chi connectivity index (χ3n) is 1.67. The summed E-state index contributed by atoms with van der Waals surface area (Å²) in [4.78, 5) is 15.2. The van der Waals surface area contributed by atoms with E-state index in [0.29, 0.717) is 10.0 Å². The molecule has 0 aliphatic carbocycles. The first-order valence-corrected chi connectivity index (χ1v) is 4.94. The summed E-state index contributed by atoms with van der Waals surface area (Å²) in [5.41, 5.74) is 0.794. The lowest BCUT2D eigenvalue weighted by atomic mass is 10.3. The van der Waals surface area contributed by atoms with Gasteiger partial charge in [0.15, 0.2) is 10.8 Å². The van der Waals surface area contributed by atoms with E-state index >= 15 is 0 Å². The predicted molar refractivity (Wildman–Crippen MR) is 54.6 cm³/mol. The minimum Gasteiger partial charge on any atom is -0.292 e. The maximum atomic E-state index is 11.0. The Labute approximate surface area is 84.2 Å². The largest absolute Gasteiger partial charge is 0.292 e. The first-order valence-electron chi connectivity index (χ1n) is 3.74. The zero-order valence-corrected chi connectivity index (χ0v) is 8.45. The maximum Gasteiger partial charge on any atom is 0.188 e. The minimum absolute atomic E-state index is 0.0164. The van der Waals surface area contributed by atoms with E-state index in [2.05, 4.69) is 4.98 Å². The van der Waals surface area contributed by atoms with Gasteiger partial charge in [-0.1, -0.05) is 17.7 Å². The monoisotopic (exact) mass is 211 g/mol. The molecule has 2 nitrogen and oxygen atoms in total. The first-order chi connectivity index (χ1) is 6.18. The van der Waals surface area contributed by atoms with E-state index in [1.807, 2.05) is 12.1 Å². The van der Waals surface area contributed by atoms with Gasteiger partial charge in [0.2, 0.25) is 0 Å². The molecule has 0 atom stereocenters. The van der Waals surface area contributed by atoms with Gasteiger partial charge >= 0.3 is 0 Å². The summed E-state index contributed by atoms with van der Waals surface area (Å²) in [7, 11) is 0. The van der Waals surface area contributed by atoms with Crippen LogP contribution in [0.2, 0.25) is 5.02 Å². The molecule has 1 aromatic carbocycles. The van der Waals surface area contributed by atoms with E-state index in [9.17, 15) is 4.79 Å². The van der Waals surface area contributed by atoms with E-state index in [4.69, 9.17) is 11.6 Å². The van der Waals surface area contributed by atoms with Crippen LogP contribution >= 0.6 is 22.9 Å². The Balaban J connectivity index is 2.75. The lowest BCUT2D eigenvalue weighted by Gasteiger charge is -1.87. The molecule has 4 heteroatoms. The van der Waals surface area contributed by atoms with Crippen LogP contribution in [-0.4, -0.2) is 10.8 Å². The second-order valence-electron chi connectivity index (χ2n) is 2.66. The SMILES string of the molecule is CC(=O)c1nc2cccc(Cl)c2s1. The molecule has 0 radical (unpaired) electrons. The molecule has 2 rings (SSSR count). The smallest absolute Gasteiger partial charge is 0.188 e. The molecule has 0 saturated carbocycles. The van der Waals surface area contributed by atoms with Crippen molar-refractivity contribution in [2.45, 2.75) is 6.92 Å². The fraction of sp³-hybridized carbons (Fsp3) is 0.111. The molecular weight excluding hydrogens is 206 g/mol. The number of ketones is 1. The van der Waals surface area contributed by atoms with Gasteiger partial charge in [-0.25, -0.2) is 4.98 Å². The van der Waals surface area contributed by atoms with Gasteiger partial charge in [0.1, 0.15) is 0 Å². The number of hydrogen-bond donors (Lipinski definition) is 0. The van der Waals surface area contributed by atoms with E-state index in [1.165, 1.54) is 18.3 Å². The van der Waals surface area contributed by atoms with Crippen molar-refractivity contribution in [3.05, 3.63) is 28.2 Å². The highest BCUT2D eigenvalue weighted by molar-refractivity contribution is 7.20.